The van der Waals surface area contributed by atoms with Crippen LogP contribution in [0.15, 0.2) is 12.4 Å². The van der Waals surface area contributed by atoms with E-state index in [4.69, 9.17) is 0 Å². The van der Waals surface area contributed by atoms with Gasteiger partial charge in [-0.3, -0.25) is 4.98 Å². The quantitative estimate of drug-likeness (QED) is 0.850. The van der Waals surface area contributed by atoms with Crippen molar-refractivity contribution in [3.63, 3.8) is 0 Å². The number of hydrogen-bond donors (Lipinski definition) is 1. The molecule has 94 valence electrons. The summed E-state index contributed by atoms with van der Waals surface area (Å²) in [4.78, 5) is 11.2. The Morgan fingerprint density at radius 3 is 3.06 bits per heavy atom. The first-order valence-electron chi connectivity index (χ1n) is 6.64. The van der Waals surface area contributed by atoms with Gasteiger partial charge in [0.15, 0.2) is 0 Å². The molecule has 0 bridgehead atoms. The number of hydrogen-bond acceptors (Lipinski definition) is 4. The van der Waals surface area contributed by atoms with E-state index in [1.807, 2.05) is 6.20 Å². The Bertz CT molecular complexity index is 353. The molecule has 1 N–H and O–H groups in total. The van der Waals surface area contributed by atoms with Gasteiger partial charge < -0.3 is 10.2 Å². The molecule has 1 atom stereocenters. The van der Waals surface area contributed by atoms with Crippen molar-refractivity contribution in [2.45, 2.75) is 33.1 Å². The highest BCUT2D eigenvalue weighted by Gasteiger charge is 2.22. The molecule has 0 saturated carbocycles. The van der Waals surface area contributed by atoms with Crippen LogP contribution in [0, 0.1) is 5.92 Å². The van der Waals surface area contributed by atoms with Crippen LogP contribution in [-0.4, -0.2) is 29.6 Å². The molecule has 2 heterocycles. The van der Waals surface area contributed by atoms with E-state index < -0.39 is 0 Å². The van der Waals surface area contributed by atoms with Crippen LogP contribution < -0.4 is 10.2 Å². The SMILES string of the molecule is CCCC1CCN(c2cncc(NCC)n2)C1. The van der Waals surface area contributed by atoms with E-state index in [-0.39, 0.29) is 0 Å². The lowest BCUT2D eigenvalue weighted by molar-refractivity contribution is 0.529. The molecule has 4 heteroatoms. The average molecular weight is 234 g/mol. The zero-order chi connectivity index (χ0) is 12.1. The van der Waals surface area contributed by atoms with Crippen LogP contribution >= 0.6 is 0 Å². The molecular weight excluding hydrogens is 212 g/mol. The Morgan fingerprint density at radius 1 is 1.41 bits per heavy atom. The fraction of sp³-hybridized carbons (Fsp3) is 0.692. The summed E-state index contributed by atoms with van der Waals surface area (Å²) in [6.07, 6.45) is 7.56. The molecule has 1 aliphatic heterocycles. The summed E-state index contributed by atoms with van der Waals surface area (Å²) in [7, 11) is 0. The lowest BCUT2D eigenvalue weighted by atomic mass is 10.0. The average Bonchev–Trinajstić information content (AvgIpc) is 2.79. The van der Waals surface area contributed by atoms with Gasteiger partial charge in [0, 0.05) is 19.6 Å². The minimum Gasteiger partial charge on any atom is -0.369 e. The van der Waals surface area contributed by atoms with Gasteiger partial charge in [-0.05, 0) is 25.7 Å². The van der Waals surface area contributed by atoms with Crippen molar-refractivity contribution in [3.05, 3.63) is 12.4 Å². The van der Waals surface area contributed by atoms with Crippen LogP contribution in [0.1, 0.15) is 33.1 Å². The van der Waals surface area contributed by atoms with Gasteiger partial charge in [-0.25, -0.2) is 4.98 Å². The molecule has 1 fully saturated rings. The second-order valence-corrected chi connectivity index (χ2v) is 4.68. The standard InChI is InChI=1S/C13H22N4/c1-3-5-11-6-7-17(10-11)13-9-14-8-12(16-13)15-4-2/h8-9,11H,3-7,10H2,1-2H3,(H,15,16). The van der Waals surface area contributed by atoms with Crippen LogP contribution in [0.2, 0.25) is 0 Å². The van der Waals surface area contributed by atoms with E-state index in [1.165, 1.54) is 19.3 Å². The largest absolute Gasteiger partial charge is 0.369 e. The zero-order valence-corrected chi connectivity index (χ0v) is 10.8. The highest BCUT2D eigenvalue weighted by molar-refractivity contribution is 5.44. The summed E-state index contributed by atoms with van der Waals surface area (Å²) in [6, 6.07) is 0. The molecular formula is C13H22N4. The van der Waals surface area contributed by atoms with Crippen molar-refractivity contribution >= 4 is 11.6 Å². The molecule has 1 unspecified atom stereocenters. The van der Waals surface area contributed by atoms with Crippen molar-refractivity contribution in [1.82, 2.24) is 9.97 Å². The fourth-order valence-corrected chi connectivity index (χ4v) is 2.46. The van der Waals surface area contributed by atoms with E-state index in [2.05, 4.69) is 34.0 Å². The first-order chi connectivity index (χ1) is 8.33. The predicted octanol–water partition coefficient (Wildman–Crippen LogP) is 2.53. The van der Waals surface area contributed by atoms with Crippen molar-refractivity contribution in [1.29, 1.82) is 0 Å². The van der Waals surface area contributed by atoms with Gasteiger partial charge in [-0.2, -0.15) is 0 Å². The Kier molecular flexibility index (Phi) is 4.18. The van der Waals surface area contributed by atoms with Crippen LogP contribution in [0.5, 0.6) is 0 Å². The summed E-state index contributed by atoms with van der Waals surface area (Å²) in [5.41, 5.74) is 0. The summed E-state index contributed by atoms with van der Waals surface area (Å²) >= 11 is 0. The van der Waals surface area contributed by atoms with E-state index in [9.17, 15) is 0 Å². The maximum atomic E-state index is 4.59. The van der Waals surface area contributed by atoms with E-state index in [1.54, 1.807) is 6.20 Å². The number of anilines is 2. The maximum Gasteiger partial charge on any atom is 0.149 e. The van der Waals surface area contributed by atoms with Crippen LogP contribution in [-0.2, 0) is 0 Å². The molecule has 17 heavy (non-hydrogen) atoms. The predicted molar refractivity (Wildman–Crippen MR) is 71.4 cm³/mol. The van der Waals surface area contributed by atoms with Gasteiger partial charge in [0.05, 0.1) is 12.4 Å². The third-order valence-electron chi connectivity index (χ3n) is 3.29. The normalized spacial score (nSPS) is 19.6. The smallest absolute Gasteiger partial charge is 0.149 e. The summed E-state index contributed by atoms with van der Waals surface area (Å²) in [6.45, 7) is 7.47. The molecule has 1 aromatic rings. The summed E-state index contributed by atoms with van der Waals surface area (Å²) in [5.74, 6) is 2.73. The highest BCUT2D eigenvalue weighted by atomic mass is 15.2. The van der Waals surface area contributed by atoms with Gasteiger partial charge in [0.2, 0.25) is 0 Å². The van der Waals surface area contributed by atoms with E-state index in [0.717, 1.165) is 37.2 Å². The Hall–Kier alpha value is -1.32. The maximum absolute atomic E-state index is 4.59. The van der Waals surface area contributed by atoms with Crippen molar-refractivity contribution in [3.8, 4) is 0 Å². The fourth-order valence-electron chi connectivity index (χ4n) is 2.46. The third-order valence-corrected chi connectivity index (χ3v) is 3.29. The second-order valence-electron chi connectivity index (χ2n) is 4.68. The van der Waals surface area contributed by atoms with Crippen molar-refractivity contribution in [2.75, 3.05) is 29.9 Å². The molecule has 0 spiro atoms. The minimum atomic E-state index is 0.838. The molecule has 4 nitrogen and oxygen atoms in total. The van der Waals surface area contributed by atoms with Gasteiger partial charge in [0.1, 0.15) is 11.6 Å². The number of nitrogens with one attached hydrogen (secondary N) is 1. The Morgan fingerprint density at radius 2 is 2.29 bits per heavy atom. The topological polar surface area (TPSA) is 41.1 Å². The lowest BCUT2D eigenvalue weighted by Gasteiger charge is -2.17. The number of nitrogens with zero attached hydrogens (tertiary/aromatic N) is 3. The zero-order valence-electron chi connectivity index (χ0n) is 10.8. The summed E-state index contributed by atoms with van der Waals surface area (Å²) < 4.78 is 0. The van der Waals surface area contributed by atoms with Crippen LogP contribution in [0.4, 0.5) is 11.6 Å². The van der Waals surface area contributed by atoms with Gasteiger partial charge in [0.25, 0.3) is 0 Å². The minimum absolute atomic E-state index is 0.838. The molecule has 1 saturated heterocycles. The monoisotopic (exact) mass is 234 g/mol. The van der Waals surface area contributed by atoms with Crippen molar-refractivity contribution < 1.29 is 0 Å². The third kappa shape index (κ3) is 3.08. The summed E-state index contributed by atoms with van der Waals surface area (Å²) in [5, 5.41) is 3.21. The molecule has 1 aromatic heterocycles. The molecule has 2 rings (SSSR count). The second kappa shape index (κ2) is 5.84. The molecule has 0 aliphatic carbocycles. The molecule has 0 amide bonds. The van der Waals surface area contributed by atoms with E-state index >= 15 is 0 Å². The van der Waals surface area contributed by atoms with Gasteiger partial charge >= 0.3 is 0 Å². The van der Waals surface area contributed by atoms with E-state index in [0.29, 0.717) is 0 Å². The lowest BCUT2D eigenvalue weighted by Crippen LogP contribution is -2.21. The van der Waals surface area contributed by atoms with Crippen molar-refractivity contribution in [2.24, 2.45) is 5.92 Å². The van der Waals surface area contributed by atoms with Gasteiger partial charge in [-0.15, -0.1) is 0 Å². The first kappa shape index (κ1) is 12.1. The number of aromatic nitrogens is 2. The highest BCUT2D eigenvalue weighted by Crippen LogP contribution is 2.25. The molecule has 0 aromatic carbocycles. The Balaban J connectivity index is 2.00. The molecule has 1 aliphatic rings. The van der Waals surface area contributed by atoms with Crippen LogP contribution in [0.3, 0.4) is 0 Å². The van der Waals surface area contributed by atoms with Crippen LogP contribution in [0.25, 0.3) is 0 Å². The molecule has 0 radical (unpaired) electrons. The number of rotatable bonds is 5. The first-order valence-corrected chi connectivity index (χ1v) is 6.64. The van der Waals surface area contributed by atoms with Gasteiger partial charge in [-0.1, -0.05) is 13.3 Å². The Labute approximate surface area is 103 Å².